The molecule has 0 saturated carbocycles. The summed E-state index contributed by atoms with van der Waals surface area (Å²) in [5.74, 6) is 1.41. The number of nitrogens with one attached hydrogen (secondary N) is 2. The van der Waals surface area contributed by atoms with E-state index in [0.29, 0.717) is 11.7 Å². The number of rotatable bonds is 7. The Morgan fingerprint density at radius 2 is 1.66 bits per heavy atom. The Balaban J connectivity index is 1.66. The lowest BCUT2D eigenvalue weighted by atomic mass is 10.0. The minimum absolute atomic E-state index is 0.0599. The van der Waals surface area contributed by atoms with Gasteiger partial charge in [0.2, 0.25) is 0 Å². The lowest BCUT2D eigenvalue weighted by Gasteiger charge is -2.15. The van der Waals surface area contributed by atoms with E-state index in [9.17, 15) is 4.79 Å². The molecule has 0 saturated heterocycles. The second-order valence-corrected chi connectivity index (χ2v) is 7.31. The third-order valence-corrected chi connectivity index (χ3v) is 4.23. The number of anilines is 3. The normalized spacial score (nSPS) is 10.8. The molecule has 150 valence electrons. The van der Waals surface area contributed by atoms with Gasteiger partial charge in [-0.05, 0) is 49.6 Å². The molecule has 0 aliphatic carbocycles. The molecule has 0 fully saturated rings. The van der Waals surface area contributed by atoms with Crippen LogP contribution in [0.1, 0.15) is 49.7 Å². The van der Waals surface area contributed by atoms with Crippen molar-refractivity contribution in [3.05, 3.63) is 72.2 Å². The van der Waals surface area contributed by atoms with Gasteiger partial charge in [-0.15, -0.1) is 0 Å². The number of hydrogen-bond acceptors (Lipinski definition) is 5. The van der Waals surface area contributed by atoms with Crippen LogP contribution in [0.4, 0.5) is 17.2 Å². The predicted octanol–water partition coefficient (Wildman–Crippen LogP) is 5.38. The molecule has 2 aromatic carbocycles. The maximum Gasteiger partial charge on any atom is 0.275 e. The van der Waals surface area contributed by atoms with E-state index in [1.165, 1.54) is 18.0 Å². The molecule has 3 rings (SSSR count). The number of benzene rings is 2. The SMILES string of the molecule is CC(C)Oc1ccccc1Nc1cnc(C(=O)Nc2ccc(C(C)C)cc2)cn1. The van der Waals surface area contributed by atoms with Crippen LogP contribution in [-0.4, -0.2) is 22.0 Å². The molecule has 29 heavy (non-hydrogen) atoms. The van der Waals surface area contributed by atoms with Gasteiger partial charge in [0.1, 0.15) is 17.3 Å². The zero-order valence-electron chi connectivity index (χ0n) is 17.1. The van der Waals surface area contributed by atoms with E-state index in [2.05, 4.69) is 34.4 Å². The summed E-state index contributed by atoms with van der Waals surface area (Å²) >= 11 is 0. The summed E-state index contributed by atoms with van der Waals surface area (Å²) in [6.07, 6.45) is 3.04. The van der Waals surface area contributed by atoms with E-state index in [-0.39, 0.29) is 17.7 Å². The van der Waals surface area contributed by atoms with Crippen LogP contribution in [0.5, 0.6) is 5.75 Å². The van der Waals surface area contributed by atoms with Gasteiger partial charge in [-0.2, -0.15) is 0 Å². The van der Waals surface area contributed by atoms with Crippen molar-refractivity contribution in [1.29, 1.82) is 0 Å². The third kappa shape index (κ3) is 5.54. The van der Waals surface area contributed by atoms with Gasteiger partial charge in [-0.25, -0.2) is 9.97 Å². The zero-order chi connectivity index (χ0) is 20.8. The monoisotopic (exact) mass is 390 g/mol. The molecule has 0 aliphatic heterocycles. The molecule has 2 N–H and O–H groups in total. The first-order valence-corrected chi connectivity index (χ1v) is 9.68. The minimum Gasteiger partial charge on any atom is -0.489 e. The van der Waals surface area contributed by atoms with Crippen molar-refractivity contribution in [3.8, 4) is 5.75 Å². The first-order chi connectivity index (χ1) is 13.9. The number of nitrogens with zero attached hydrogens (tertiary/aromatic N) is 2. The first kappa shape index (κ1) is 20.3. The zero-order valence-corrected chi connectivity index (χ0v) is 17.1. The van der Waals surface area contributed by atoms with Gasteiger partial charge in [0.15, 0.2) is 0 Å². The summed E-state index contributed by atoms with van der Waals surface area (Å²) in [4.78, 5) is 21.0. The fraction of sp³-hybridized carbons (Fsp3) is 0.261. The molecule has 6 nitrogen and oxygen atoms in total. The highest BCUT2D eigenvalue weighted by Crippen LogP contribution is 2.27. The van der Waals surface area contributed by atoms with Gasteiger partial charge in [0, 0.05) is 5.69 Å². The first-order valence-electron chi connectivity index (χ1n) is 9.68. The van der Waals surface area contributed by atoms with Crippen molar-refractivity contribution in [1.82, 2.24) is 9.97 Å². The smallest absolute Gasteiger partial charge is 0.275 e. The largest absolute Gasteiger partial charge is 0.489 e. The van der Waals surface area contributed by atoms with Crippen molar-refractivity contribution in [3.63, 3.8) is 0 Å². The van der Waals surface area contributed by atoms with Crippen LogP contribution in [0.3, 0.4) is 0 Å². The van der Waals surface area contributed by atoms with Crippen LogP contribution in [0.15, 0.2) is 60.9 Å². The summed E-state index contributed by atoms with van der Waals surface area (Å²) in [7, 11) is 0. The summed E-state index contributed by atoms with van der Waals surface area (Å²) < 4.78 is 5.79. The molecule has 0 bridgehead atoms. The van der Waals surface area contributed by atoms with E-state index in [1.54, 1.807) is 0 Å². The molecule has 1 amide bonds. The maximum atomic E-state index is 12.4. The lowest BCUT2D eigenvalue weighted by Crippen LogP contribution is -2.14. The van der Waals surface area contributed by atoms with Crippen molar-refractivity contribution >= 4 is 23.1 Å². The lowest BCUT2D eigenvalue weighted by molar-refractivity contribution is 0.102. The van der Waals surface area contributed by atoms with Crippen LogP contribution in [0, 0.1) is 0 Å². The average Bonchev–Trinajstić information content (AvgIpc) is 2.70. The second kappa shape index (κ2) is 9.19. The fourth-order valence-corrected chi connectivity index (χ4v) is 2.72. The Bertz CT molecular complexity index is 951. The number of para-hydroxylation sites is 2. The number of amides is 1. The highest BCUT2D eigenvalue weighted by atomic mass is 16.5. The van der Waals surface area contributed by atoms with Gasteiger partial charge in [0.25, 0.3) is 5.91 Å². The van der Waals surface area contributed by atoms with E-state index < -0.39 is 0 Å². The van der Waals surface area contributed by atoms with Crippen molar-refractivity contribution < 1.29 is 9.53 Å². The Kier molecular flexibility index (Phi) is 6.44. The Hall–Kier alpha value is -3.41. The number of carbonyl (C=O) groups is 1. The highest BCUT2D eigenvalue weighted by Gasteiger charge is 2.10. The van der Waals surface area contributed by atoms with Crippen LogP contribution in [-0.2, 0) is 0 Å². The highest BCUT2D eigenvalue weighted by molar-refractivity contribution is 6.02. The molecule has 0 aliphatic rings. The third-order valence-electron chi connectivity index (χ3n) is 4.23. The standard InChI is InChI=1S/C23H26N4O2/c1-15(2)17-9-11-18(12-10-17)26-23(28)20-13-25-22(14-24-20)27-19-7-5-6-8-21(19)29-16(3)4/h5-16H,1-4H3,(H,25,27)(H,26,28). The van der Waals surface area contributed by atoms with Crippen molar-refractivity contribution in [2.75, 3.05) is 10.6 Å². The topological polar surface area (TPSA) is 76.1 Å². The number of aromatic nitrogens is 2. The van der Waals surface area contributed by atoms with E-state index in [4.69, 9.17) is 4.74 Å². The van der Waals surface area contributed by atoms with Crippen LogP contribution in [0.2, 0.25) is 0 Å². The van der Waals surface area contributed by atoms with Crippen molar-refractivity contribution in [2.24, 2.45) is 0 Å². The van der Waals surface area contributed by atoms with Gasteiger partial charge >= 0.3 is 0 Å². The average molecular weight is 390 g/mol. The summed E-state index contributed by atoms with van der Waals surface area (Å²) in [5.41, 5.74) is 2.98. The maximum absolute atomic E-state index is 12.4. The van der Waals surface area contributed by atoms with E-state index >= 15 is 0 Å². The Morgan fingerprint density at radius 1 is 0.931 bits per heavy atom. The Morgan fingerprint density at radius 3 is 2.28 bits per heavy atom. The van der Waals surface area contributed by atoms with Crippen LogP contribution >= 0.6 is 0 Å². The number of ether oxygens (including phenoxy) is 1. The van der Waals surface area contributed by atoms with Gasteiger partial charge in [0.05, 0.1) is 24.2 Å². The summed E-state index contributed by atoms with van der Waals surface area (Å²) in [6.45, 7) is 8.21. The van der Waals surface area contributed by atoms with Gasteiger partial charge in [-0.1, -0.05) is 38.1 Å². The summed E-state index contributed by atoms with van der Waals surface area (Å²) in [6, 6.07) is 15.4. The number of hydrogen-bond donors (Lipinski definition) is 2. The second-order valence-electron chi connectivity index (χ2n) is 7.31. The van der Waals surface area contributed by atoms with E-state index in [0.717, 1.165) is 17.1 Å². The molecular weight excluding hydrogens is 364 g/mol. The molecule has 1 heterocycles. The summed E-state index contributed by atoms with van der Waals surface area (Å²) in [5, 5.41) is 6.02. The van der Waals surface area contributed by atoms with Crippen molar-refractivity contribution in [2.45, 2.75) is 39.7 Å². The fourth-order valence-electron chi connectivity index (χ4n) is 2.72. The molecule has 1 aromatic heterocycles. The quantitative estimate of drug-likeness (QED) is 0.566. The van der Waals surface area contributed by atoms with E-state index in [1.807, 2.05) is 62.4 Å². The van der Waals surface area contributed by atoms with Gasteiger partial charge < -0.3 is 15.4 Å². The molecule has 0 radical (unpaired) electrons. The molecule has 0 atom stereocenters. The molecule has 0 unspecified atom stereocenters. The van der Waals surface area contributed by atoms with Crippen LogP contribution in [0.25, 0.3) is 0 Å². The molecule has 3 aromatic rings. The molecule has 6 heteroatoms. The number of carbonyl (C=O) groups excluding carboxylic acids is 1. The predicted molar refractivity (Wildman–Crippen MR) is 116 cm³/mol. The molecule has 0 spiro atoms. The van der Waals surface area contributed by atoms with Crippen LogP contribution < -0.4 is 15.4 Å². The molecular formula is C23H26N4O2. The Labute approximate surface area is 171 Å². The van der Waals surface area contributed by atoms with Gasteiger partial charge in [-0.3, -0.25) is 4.79 Å². The minimum atomic E-state index is -0.301.